The average Bonchev–Trinajstić information content (AvgIpc) is 2.17. The van der Waals surface area contributed by atoms with Crippen LogP contribution >= 0.6 is 0 Å². The second kappa shape index (κ2) is 5.00. The van der Waals surface area contributed by atoms with Gasteiger partial charge in [-0.15, -0.1) is 0 Å². The number of carbonyl (C=O) groups excluding carboxylic acids is 1. The molecule has 0 aliphatic heterocycles. The molecule has 0 N–H and O–H groups in total. The molecule has 0 radical (unpaired) electrons. The third-order valence-corrected chi connectivity index (χ3v) is 3.69. The van der Waals surface area contributed by atoms with Gasteiger partial charge in [0.05, 0.1) is 5.41 Å². The molecule has 0 saturated heterocycles. The Hall–Kier alpha value is -0.530. The highest BCUT2D eigenvalue weighted by molar-refractivity contribution is 5.76. The molecule has 0 heterocycles. The monoisotopic (exact) mass is 214 g/mol. The van der Waals surface area contributed by atoms with Crippen LogP contribution in [-0.2, 0) is 9.53 Å². The molecule has 0 aliphatic rings. The minimum atomic E-state index is -0.370. The summed E-state index contributed by atoms with van der Waals surface area (Å²) in [5.41, 5.74) is -0.700. The van der Waals surface area contributed by atoms with E-state index in [1.54, 1.807) is 0 Å². The van der Waals surface area contributed by atoms with E-state index in [4.69, 9.17) is 4.74 Å². The van der Waals surface area contributed by atoms with Crippen LogP contribution < -0.4 is 0 Å². The molecule has 0 saturated carbocycles. The van der Waals surface area contributed by atoms with Gasteiger partial charge in [0.15, 0.2) is 0 Å². The molecule has 2 nitrogen and oxygen atoms in total. The van der Waals surface area contributed by atoms with Gasteiger partial charge in [-0.05, 0) is 39.5 Å². The lowest BCUT2D eigenvalue weighted by molar-refractivity contribution is -0.174. The Kier molecular flexibility index (Phi) is 4.82. The molecular weight excluding hydrogens is 188 g/mol. The van der Waals surface area contributed by atoms with E-state index in [1.165, 1.54) is 0 Å². The maximum absolute atomic E-state index is 12.0. The van der Waals surface area contributed by atoms with Gasteiger partial charge in [-0.3, -0.25) is 4.79 Å². The van der Waals surface area contributed by atoms with E-state index in [-0.39, 0.29) is 17.0 Å². The molecule has 0 rings (SSSR count). The number of rotatable bonds is 5. The Balaban J connectivity index is 4.65. The Labute approximate surface area is 94.4 Å². The van der Waals surface area contributed by atoms with Crippen LogP contribution in [0.2, 0.25) is 0 Å². The molecule has 2 heteroatoms. The number of hydrogen-bond acceptors (Lipinski definition) is 2. The van der Waals surface area contributed by atoms with Crippen molar-refractivity contribution in [1.29, 1.82) is 0 Å². The van der Waals surface area contributed by atoms with E-state index in [1.807, 2.05) is 27.7 Å². The van der Waals surface area contributed by atoms with Gasteiger partial charge in [0.25, 0.3) is 0 Å². The van der Waals surface area contributed by atoms with Crippen LogP contribution in [0.4, 0.5) is 0 Å². The van der Waals surface area contributed by atoms with E-state index in [0.29, 0.717) is 5.92 Å². The quantitative estimate of drug-likeness (QED) is 0.651. The zero-order chi connectivity index (χ0) is 12.3. The fourth-order valence-corrected chi connectivity index (χ4v) is 1.09. The van der Waals surface area contributed by atoms with Gasteiger partial charge < -0.3 is 4.74 Å². The fourth-order valence-electron chi connectivity index (χ4n) is 1.09. The van der Waals surface area contributed by atoms with Gasteiger partial charge in [0.1, 0.15) is 5.60 Å². The molecule has 1 unspecified atom stereocenters. The van der Waals surface area contributed by atoms with Crippen LogP contribution in [0.25, 0.3) is 0 Å². The van der Waals surface area contributed by atoms with Crippen LogP contribution in [0.3, 0.4) is 0 Å². The van der Waals surface area contributed by atoms with Crippen molar-refractivity contribution in [3.05, 3.63) is 0 Å². The minimum absolute atomic E-state index is 0.0805. The molecule has 0 aromatic rings. The molecule has 0 bridgehead atoms. The summed E-state index contributed by atoms with van der Waals surface area (Å²) in [6, 6.07) is 0. The van der Waals surface area contributed by atoms with Crippen molar-refractivity contribution in [1.82, 2.24) is 0 Å². The molecular formula is C13H26O2. The Morgan fingerprint density at radius 1 is 1.13 bits per heavy atom. The summed E-state index contributed by atoms with van der Waals surface area (Å²) >= 11 is 0. The first-order valence-electron chi connectivity index (χ1n) is 5.93. The van der Waals surface area contributed by atoms with E-state index in [9.17, 15) is 4.79 Å². The first-order valence-corrected chi connectivity index (χ1v) is 5.93. The highest BCUT2D eigenvalue weighted by Crippen LogP contribution is 2.30. The second-order valence-corrected chi connectivity index (χ2v) is 5.45. The van der Waals surface area contributed by atoms with Gasteiger partial charge >= 0.3 is 5.97 Å². The number of carbonyl (C=O) groups is 1. The summed E-state index contributed by atoms with van der Waals surface area (Å²) in [6.07, 6.45) is 1.67. The third-order valence-electron chi connectivity index (χ3n) is 3.69. The molecule has 1 atom stereocenters. The second-order valence-electron chi connectivity index (χ2n) is 5.45. The standard InChI is InChI=1S/C13H26O2/c1-8-12(5,6)11(14)15-13(7,9-2)10(3)4/h10H,8-9H2,1-7H3. The Morgan fingerprint density at radius 3 is 1.87 bits per heavy atom. The smallest absolute Gasteiger partial charge is 0.312 e. The topological polar surface area (TPSA) is 26.3 Å². The molecule has 0 aromatic carbocycles. The van der Waals surface area contributed by atoms with Crippen molar-refractivity contribution in [3.8, 4) is 0 Å². The van der Waals surface area contributed by atoms with E-state index in [2.05, 4.69) is 20.8 Å². The van der Waals surface area contributed by atoms with Crippen LogP contribution in [0.15, 0.2) is 0 Å². The van der Waals surface area contributed by atoms with Crippen molar-refractivity contribution in [2.75, 3.05) is 0 Å². The largest absolute Gasteiger partial charge is 0.459 e. The maximum Gasteiger partial charge on any atom is 0.312 e. The SMILES string of the molecule is CCC(C)(C)C(=O)OC(C)(CC)C(C)C. The zero-order valence-electron chi connectivity index (χ0n) is 11.3. The van der Waals surface area contributed by atoms with Gasteiger partial charge in [-0.2, -0.15) is 0 Å². The summed E-state index contributed by atoms with van der Waals surface area (Å²) in [7, 11) is 0. The molecule has 15 heavy (non-hydrogen) atoms. The number of hydrogen-bond donors (Lipinski definition) is 0. The highest BCUT2D eigenvalue weighted by Gasteiger charge is 2.36. The predicted molar refractivity (Wildman–Crippen MR) is 63.7 cm³/mol. The van der Waals surface area contributed by atoms with Gasteiger partial charge in [-0.1, -0.05) is 27.7 Å². The number of esters is 1. The first kappa shape index (κ1) is 14.5. The van der Waals surface area contributed by atoms with E-state index < -0.39 is 0 Å². The van der Waals surface area contributed by atoms with Crippen molar-refractivity contribution in [3.63, 3.8) is 0 Å². The maximum atomic E-state index is 12.0. The summed E-state index contributed by atoms with van der Waals surface area (Å²) in [5.74, 6) is 0.266. The van der Waals surface area contributed by atoms with Gasteiger partial charge in [-0.25, -0.2) is 0 Å². The summed E-state index contributed by atoms with van der Waals surface area (Å²) in [4.78, 5) is 12.0. The normalized spacial score (nSPS) is 16.3. The summed E-state index contributed by atoms with van der Waals surface area (Å²) < 4.78 is 5.67. The summed E-state index contributed by atoms with van der Waals surface area (Å²) in [6.45, 7) is 14.1. The summed E-state index contributed by atoms with van der Waals surface area (Å²) in [5, 5.41) is 0. The molecule has 0 fully saturated rings. The predicted octanol–water partition coefficient (Wildman–Crippen LogP) is 3.79. The molecule has 0 spiro atoms. The van der Waals surface area contributed by atoms with Crippen molar-refractivity contribution < 1.29 is 9.53 Å². The van der Waals surface area contributed by atoms with Crippen LogP contribution in [0.5, 0.6) is 0 Å². The fraction of sp³-hybridized carbons (Fsp3) is 0.923. The van der Waals surface area contributed by atoms with Gasteiger partial charge in [0, 0.05) is 0 Å². The zero-order valence-corrected chi connectivity index (χ0v) is 11.3. The molecule has 0 amide bonds. The van der Waals surface area contributed by atoms with Crippen molar-refractivity contribution >= 4 is 5.97 Å². The van der Waals surface area contributed by atoms with E-state index in [0.717, 1.165) is 12.8 Å². The number of ether oxygens (including phenoxy) is 1. The molecule has 0 aromatic heterocycles. The van der Waals surface area contributed by atoms with Crippen LogP contribution in [0.1, 0.15) is 61.3 Å². The average molecular weight is 214 g/mol. The van der Waals surface area contributed by atoms with Crippen LogP contribution in [0, 0.1) is 11.3 Å². The molecule has 0 aliphatic carbocycles. The lowest BCUT2D eigenvalue weighted by Gasteiger charge is -2.35. The molecule has 90 valence electrons. The van der Waals surface area contributed by atoms with Crippen molar-refractivity contribution in [2.45, 2.75) is 66.9 Å². The highest BCUT2D eigenvalue weighted by atomic mass is 16.6. The van der Waals surface area contributed by atoms with Gasteiger partial charge in [0.2, 0.25) is 0 Å². The Morgan fingerprint density at radius 2 is 1.60 bits per heavy atom. The third kappa shape index (κ3) is 3.51. The minimum Gasteiger partial charge on any atom is -0.459 e. The lowest BCUT2D eigenvalue weighted by atomic mass is 9.87. The van der Waals surface area contributed by atoms with Crippen molar-refractivity contribution in [2.24, 2.45) is 11.3 Å². The first-order chi connectivity index (χ1) is 6.69. The van der Waals surface area contributed by atoms with E-state index >= 15 is 0 Å². The Bertz CT molecular complexity index is 219. The van der Waals surface area contributed by atoms with Crippen LogP contribution in [-0.4, -0.2) is 11.6 Å². The lowest BCUT2D eigenvalue weighted by Crippen LogP contribution is -2.40.